The van der Waals surface area contributed by atoms with E-state index in [-0.39, 0.29) is 17.5 Å². The third-order valence-corrected chi connectivity index (χ3v) is 8.23. The lowest BCUT2D eigenvalue weighted by atomic mass is 10.1. The highest BCUT2D eigenvalue weighted by atomic mass is 35.5. The minimum atomic E-state index is -0.428. The first-order chi connectivity index (χ1) is 21.3. The summed E-state index contributed by atoms with van der Waals surface area (Å²) in [5.41, 5.74) is 2.63. The van der Waals surface area contributed by atoms with Crippen LogP contribution in [0.2, 0.25) is 5.02 Å². The molecule has 1 aliphatic rings. The van der Waals surface area contributed by atoms with Gasteiger partial charge in [0, 0.05) is 24.0 Å². The lowest BCUT2D eigenvalue weighted by Gasteiger charge is -2.39. The maximum Gasteiger partial charge on any atom is 0.264 e. The SMILES string of the molecule is COc1ccc(CN2CN(C(C)C)C(=O)c3c(N[C@@H](C)c4cc5cccc(Cl)c5c(=O)n4-c4ccccc4)ncnc32)cc1. The minimum Gasteiger partial charge on any atom is -0.497 e. The van der Waals surface area contributed by atoms with E-state index >= 15 is 0 Å². The van der Waals surface area contributed by atoms with Gasteiger partial charge >= 0.3 is 0 Å². The first kappa shape index (κ1) is 29.2. The third kappa shape index (κ3) is 5.35. The second kappa shape index (κ2) is 12.0. The minimum absolute atomic E-state index is 0.0482. The molecule has 3 aromatic carbocycles. The molecule has 2 aromatic heterocycles. The number of aromatic nitrogens is 3. The van der Waals surface area contributed by atoms with Crippen molar-refractivity contribution in [1.82, 2.24) is 19.4 Å². The van der Waals surface area contributed by atoms with Gasteiger partial charge in [-0.1, -0.05) is 54.1 Å². The molecule has 0 fully saturated rings. The average Bonchev–Trinajstić information content (AvgIpc) is 3.02. The summed E-state index contributed by atoms with van der Waals surface area (Å²) in [6.07, 6.45) is 1.47. The molecule has 1 N–H and O–H groups in total. The van der Waals surface area contributed by atoms with Crippen LogP contribution in [0.4, 0.5) is 11.6 Å². The van der Waals surface area contributed by atoms with E-state index in [9.17, 15) is 9.59 Å². The number of carbonyl (C=O) groups excluding carboxylic acids is 1. The van der Waals surface area contributed by atoms with Gasteiger partial charge in [0.2, 0.25) is 0 Å². The number of methoxy groups -OCH3 is 1. The predicted molar refractivity (Wildman–Crippen MR) is 174 cm³/mol. The number of hydrogen-bond acceptors (Lipinski definition) is 7. The smallest absolute Gasteiger partial charge is 0.264 e. The van der Waals surface area contributed by atoms with Crippen molar-refractivity contribution in [3.05, 3.63) is 117 Å². The number of anilines is 2. The number of benzene rings is 3. The second-order valence-electron chi connectivity index (χ2n) is 11.1. The number of rotatable bonds is 8. The molecule has 1 aliphatic heterocycles. The second-order valence-corrected chi connectivity index (χ2v) is 11.5. The van der Waals surface area contributed by atoms with Crippen LogP contribution in [0.1, 0.15) is 48.4 Å². The van der Waals surface area contributed by atoms with Crippen molar-refractivity contribution in [2.75, 3.05) is 24.0 Å². The van der Waals surface area contributed by atoms with Crippen LogP contribution in [0.15, 0.2) is 90.0 Å². The topological polar surface area (TPSA) is 92.6 Å². The Balaban J connectivity index is 1.43. The van der Waals surface area contributed by atoms with Crippen LogP contribution in [0, 0.1) is 0 Å². The standard InChI is InChI=1S/C34H33ClN6O3/c1-21(2)40-20-39(18-23-13-15-26(44-4)16-14-23)32-30(33(40)42)31(36-19-37-32)38-22(3)28-17-24-9-8-12-27(35)29(24)34(43)41(28)25-10-6-5-7-11-25/h5-17,19,21-22H,18,20H2,1-4H3,(H,36,37,38)/t22-/m0/s1. The van der Waals surface area contributed by atoms with Crippen molar-refractivity contribution >= 4 is 39.9 Å². The number of para-hydroxylation sites is 1. The van der Waals surface area contributed by atoms with Gasteiger partial charge in [0.05, 0.1) is 30.2 Å². The fourth-order valence-electron chi connectivity index (χ4n) is 5.64. The maximum atomic E-state index is 13.9. The molecule has 9 nitrogen and oxygen atoms in total. The zero-order valence-electron chi connectivity index (χ0n) is 25.0. The summed E-state index contributed by atoms with van der Waals surface area (Å²) < 4.78 is 6.98. The van der Waals surface area contributed by atoms with Crippen LogP contribution in [0.5, 0.6) is 5.75 Å². The van der Waals surface area contributed by atoms with E-state index in [2.05, 4.69) is 20.2 Å². The highest BCUT2D eigenvalue weighted by Gasteiger charge is 2.35. The van der Waals surface area contributed by atoms with Crippen LogP contribution in [0.3, 0.4) is 0 Å². The Morgan fingerprint density at radius 3 is 2.41 bits per heavy atom. The van der Waals surface area contributed by atoms with Gasteiger partial charge in [-0.2, -0.15) is 0 Å². The summed E-state index contributed by atoms with van der Waals surface area (Å²) in [7, 11) is 1.64. The molecule has 10 heteroatoms. The molecule has 0 unspecified atom stereocenters. The van der Waals surface area contributed by atoms with Gasteiger partial charge in [-0.25, -0.2) is 9.97 Å². The van der Waals surface area contributed by atoms with E-state index in [0.717, 1.165) is 16.7 Å². The van der Waals surface area contributed by atoms with Crippen molar-refractivity contribution in [2.45, 2.75) is 39.4 Å². The largest absolute Gasteiger partial charge is 0.497 e. The lowest BCUT2D eigenvalue weighted by molar-refractivity contribution is 0.0687. The summed E-state index contributed by atoms with van der Waals surface area (Å²) in [4.78, 5) is 40.9. The van der Waals surface area contributed by atoms with Gasteiger partial charge in [-0.3, -0.25) is 14.2 Å². The summed E-state index contributed by atoms with van der Waals surface area (Å²) >= 11 is 6.51. The Bertz CT molecular complexity index is 1890. The molecule has 6 rings (SSSR count). The monoisotopic (exact) mass is 608 g/mol. The fraction of sp³-hybridized carbons (Fsp3) is 0.235. The number of hydrogen-bond donors (Lipinski definition) is 1. The third-order valence-electron chi connectivity index (χ3n) is 7.92. The zero-order valence-corrected chi connectivity index (χ0v) is 25.7. The molecular formula is C34H33ClN6O3. The molecule has 5 aromatic rings. The zero-order chi connectivity index (χ0) is 31.0. The number of pyridine rings is 1. The molecule has 44 heavy (non-hydrogen) atoms. The van der Waals surface area contributed by atoms with E-state index < -0.39 is 6.04 Å². The fourth-order valence-corrected chi connectivity index (χ4v) is 5.90. The Hall–Kier alpha value is -4.89. The van der Waals surface area contributed by atoms with Gasteiger partial charge in [-0.05, 0) is 68.1 Å². The summed E-state index contributed by atoms with van der Waals surface area (Å²) in [5, 5.41) is 5.03. The molecule has 0 spiro atoms. The van der Waals surface area contributed by atoms with E-state index in [0.29, 0.717) is 52.2 Å². The number of carbonyl (C=O) groups is 1. The molecule has 1 amide bonds. The normalized spacial score (nSPS) is 13.7. The van der Waals surface area contributed by atoms with Gasteiger partial charge < -0.3 is 19.9 Å². The van der Waals surface area contributed by atoms with Crippen LogP contribution >= 0.6 is 11.6 Å². The summed E-state index contributed by atoms with van der Waals surface area (Å²) in [6, 6.07) is 24.2. The van der Waals surface area contributed by atoms with E-state index in [1.165, 1.54) is 6.33 Å². The van der Waals surface area contributed by atoms with Crippen LogP contribution in [-0.4, -0.2) is 45.2 Å². The van der Waals surface area contributed by atoms with Crippen molar-refractivity contribution in [3.63, 3.8) is 0 Å². The highest BCUT2D eigenvalue weighted by Crippen LogP contribution is 2.34. The molecule has 0 saturated carbocycles. The van der Waals surface area contributed by atoms with Gasteiger partial charge in [-0.15, -0.1) is 0 Å². The van der Waals surface area contributed by atoms with Gasteiger partial charge in [0.15, 0.2) is 0 Å². The number of nitrogens with one attached hydrogen (secondary N) is 1. The Morgan fingerprint density at radius 2 is 1.70 bits per heavy atom. The van der Waals surface area contributed by atoms with Crippen LogP contribution < -0.4 is 20.5 Å². The van der Waals surface area contributed by atoms with E-state index in [1.54, 1.807) is 17.7 Å². The predicted octanol–water partition coefficient (Wildman–Crippen LogP) is 6.44. The van der Waals surface area contributed by atoms with Crippen molar-refractivity contribution < 1.29 is 9.53 Å². The number of nitrogens with zero attached hydrogens (tertiary/aromatic N) is 5. The number of fused-ring (bicyclic) bond motifs is 2. The highest BCUT2D eigenvalue weighted by molar-refractivity contribution is 6.35. The van der Waals surface area contributed by atoms with Crippen LogP contribution in [-0.2, 0) is 6.54 Å². The molecule has 3 heterocycles. The van der Waals surface area contributed by atoms with Gasteiger partial charge in [0.25, 0.3) is 11.5 Å². The number of ether oxygens (including phenoxy) is 1. The summed E-state index contributed by atoms with van der Waals surface area (Å²) in [5.74, 6) is 1.58. The Morgan fingerprint density at radius 1 is 0.955 bits per heavy atom. The van der Waals surface area contributed by atoms with E-state index in [4.69, 9.17) is 16.3 Å². The molecular weight excluding hydrogens is 576 g/mol. The maximum absolute atomic E-state index is 13.9. The molecule has 224 valence electrons. The van der Waals surface area contributed by atoms with Crippen LogP contribution in [0.25, 0.3) is 16.5 Å². The van der Waals surface area contributed by atoms with Gasteiger partial charge in [0.1, 0.15) is 29.3 Å². The molecule has 0 radical (unpaired) electrons. The van der Waals surface area contributed by atoms with E-state index in [1.807, 2.05) is 98.5 Å². The summed E-state index contributed by atoms with van der Waals surface area (Å²) in [6.45, 7) is 6.86. The molecule has 1 atom stereocenters. The lowest BCUT2D eigenvalue weighted by Crippen LogP contribution is -2.50. The molecule has 0 saturated heterocycles. The van der Waals surface area contributed by atoms with Crippen molar-refractivity contribution in [2.24, 2.45) is 0 Å². The quantitative estimate of drug-likeness (QED) is 0.217. The van der Waals surface area contributed by atoms with Crippen molar-refractivity contribution in [3.8, 4) is 11.4 Å². The van der Waals surface area contributed by atoms with Crippen molar-refractivity contribution in [1.29, 1.82) is 0 Å². The number of amides is 1. The Labute approximate surface area is 260 Å². The molecule has 0 bridgehead atoms. The Kier molecular flexibility index (Phi) is 7.97. The first-order valence-corrected chi connectivity index (χ1v) is 14.8. The average molecular weight is 609 g/mol. The number of halogens is 1. The molecule has 0 aliphatic carbocycles. The first-order valence-electron chi connectivity index (χ1n) is 14.5.